The summed E-state index contributed by atoms with van der Waals surface area (Å²) in [6, 6.07) is 1.89. The summed E-state index contributed by atoms with van der Waals surface area (Å²) in [5, 5.41) is 10.6. The predicted octanol–water partition coefficient (Wildman–Crippen LogP) is 1.95. The number of rotatable bonds is 3. The topological polar surface area (TPSA) is 54.9 Å². The van der Waals surface area contributed by atoms with Crippen molar-refractivity contribution in [1.82, 2.24) is 10.2 Å². The Morgan fingerprint density at radius 1 is 1.53 bits per heavy atom. The second-order valence-electron chi connectivity index (χ2n) is 4.29. The van der Waals surface area contributed by atoms with Gasteiger partial charge in [-0.15, -0.1) is 5.10 Å². The van der Waals surface area contributed by atoms with Crippen LogP contribution in [0.4, 0.5) is 5.82 Å². The Hall–Kier alpha value is -1.45. The Bertz CT molecular complexity index is 372. The van der Waals surface area contributed by atoms with Crippen LogP contribution < -0.4 is 5.32 Å². The zero-order valence-electron chi connectivity index (χ0n) is 9.03. The molecule has 1 aromatic rings. The van der Waals surface area contributed by atoms with Crippen molar-refractivity contribution in [3.63, 3.8) is 0 Å². The number of nitrogens with zero attached hydrogens (tertiary/aromatic N) is 2. The normalized spacial score (nSPS) is 15.4. The fourth-order valence-corrected chi connectivity index (χ4v) is 1.33. The third kappa shape index (κ3) is 2.52. The molecule has 1 aromatic heterocycles. The second kappa shape index (κ2) is 3.96. The fourth-order valence-electron chi connectivity index (χ4n) is 1.33. The van der Waals surface area contributed by atoms with Gasteiger partial charge in [-0.2, -0.15) is 5.10 Å². The van der Waals surface area contributed by atoms with Crippen molar-refractivity contribution in [2.75, 3.05) is 5.32 Å². The van der Waals surface area contributed by atoms with Crippen LogP contribution in [0, 0.1) is 5.92 Å². The summed E-state index contributed by atoms with van der Waals surface area (Å²) in [5.41, 5.74) is 1.09. The molecule has 15 heavy (non-hydrogen) atoms. The van der Waals surface area contributed by atoms with Crippen molar-refractivity contribution in [3.05, 3.63) is 17.8 Å². The molecular weight excluding hydrogens is 190 g/mol. The average Bonchev–Trinajstić information content (AvgIpc) is 3.01. The molecule has 4 nitrogen and oxygen atoms in total. The highest BCUT2D eigenvalue weighted by atomic mass is 16.2. The first-order chi connectivity index (χ1) is 7.16. The van der Waals surface area contributed by atoms with Gasteiger partial charge in [-0.05, 0) is 30.4 Å². The molecule has 0 radical (unpaired) electrons. The predicted molar refractivity (Wildman–Crippen MR) is 57.5 cm³/mol. The number of hydrogen-bond acceptors (Lipinski definition) is 3. The minimum Gasteiger partial charge on any atom is -0.309 e. The first kappa shape index (κ1) is 10.1. The van der Waals surface area contributed by atoms with Gasteiger partial charge in [-0.25, -0.2) is 0 Å². The molecule has 1 aliphatic rings. The lowest BCUT2D eigenvalue weighted by atomic mass is 10.1. The van der Waals surface area contributed by atoms with E-state index in [0.717, 1.165) is 18.4 Å². The highest BCUT2D eigenvalue weighted by molar-refractivity contribution is 5.93. The number of amides is 1. The third-order valence-electron chi connectivity index (χ3n) is 2.54. The summed E-state index contributed by atoms with van der Waals surface area (Å²) in [6.45, 7) is 4.17. The van der Waals surface area contributed by atoms with Crippen LogP contribution in [0.15, 0.2) is 12.3 Å². The molecule has 0 unspecified atom stereocenters. The number of nitrogens with one attached hydrogen (secondary N) is 1. The van der Waals surface area contributed by atoms with Gasteiger partial charge in [0.1, 0.15) is 0 Å². The summed E-state index contributed by atoms with van der Waals surface area (Å²) >= 11 is 0. The van der Waals surface area contributed by atoms with Crippen LogP contribution >= 0.6 is 0 Å². The van der Waals surface area contributed by atoms with Crippen LogP contribution in [0.25, 0.3) is 0 Å². The highest BCUT2D eigenvalue weighted by Crippen LogP contribution is 2.30. The number of aromatic nitrogens is 2. The van der Waals surface area contributed by atoms with Gasteiger partial charge in [0.2, 0.25) is 5.91 Å². The largest absolute Gasteiger partial charge is 0.309 e. The van der Waals surface area contributed by atoms with E-state index in [0.29, 0.717) is 11.7 Å². The lowest BCUT2D eigenvalue weighted by Crippen LogP contribution is -2.15. The fraction of sp³-hybridized carbons (Fsp3) is 0.545. The molecule has 4 heteroatoms. The maximum atomic E-state index is 11.5. The molecule has 0 saturated heterocycles. The van der Waals surface area contributed by atoms with Crippen molar-refractivity contribution >= 4 is 11.7 Å². The van der Waals surface area contributed by atoms with E-state index >= 15 is 0 Å². The van der Waals surface area contributed by atoms with Crippen LogP contribution in [0.5, 0.6) is 0 Å². The van der Waals surface area contributed by atoms with Crippen molar-refractivity contribution in [2.24, 2.45) is 5.92 Å². The Kier molecular flexibility index (Phi) is 2.66. The summed E-state index contributed by atoms with van der Waals surface area (Å²) < 4.78 is 0. The maximum Gasteiger partial charge on any atom is 0.228 e. The molecule has 1 heterocycles. The molecule has 1 saturated carbocycles. The van der Waals surface area contributed by atoms with Crippen molar-refractivity contribution < 1.29 is 4.79 Å². The van der Waals surface area contributed by atoms with E-state index in [-0.39, 0.29) is 11.8 Å². The van der Waals surface area contributed by atoms with E-state index in [1.54, 1.807) is 6.20 Å². The van der Waals surface area contributed by atoms with Gasteiger partial charge in [0.25, 0.3) is 0 Å². The molecule has 1 amide bonds. The lowest BCUT2D eigenvalue weighted by Gasteiger charge is -2.06. The van der Waals surface area contributed by atoms with E-state index in [4.69, 9.17) is 0 Å². The van der Waals surface area contributed by atoms with E-state index < -0.39 is 0 Å². The molecule has 1 N–H and O–H groups in total. The Balaban J connectivity index is 2.07. The van der Waals surface area contributed by atoms with Gasteiger partial charge >= 0.3 is 0 Å². The first-order valence-corrected chi connectivity index (χ1v) is 5.30. The van der Waals surface area contributed by atoms with Gasteiger partial charge < -0.3 is 5.32 Å². The van der Waals surface area contributed by atoms with Gasteiger partial charge in [0, 0.05) is 5.92 Å². The zero-order chi connectivity index (χ0) is 10.8. The standard InChI is InChI=1S/C11H15N3O/c1-7(2)9-5-10(14-12-6-9)13-11(15)8-3-4-8/h5-8H,3-4H2,1-2H3,(H,13,14,15). The monoisotopic (exact) mass is 205 g/mol. The van der Waals surface area contributed by atoms with E-state index in [2.05, 4.69) is 29.4 Å². The van der Waals surface area contributed by atoms with Crippen LogP contribution in [0.2, 0.25) is 0 Å². The van der Waals surface area contributed by atoms with Crippen LogP contribution in [0.1, 0.15) is 38.2 Å². The van der Waals surface area contributed by atoms with Crippen molar-refractivity contribution in [1.29, 1.82) is 0 Å². The smallest absolute Gasteiger partial charge is 0.228 e. The number of carbonyl (C=O) groups is 1. The van der Waals surface area contributed by atoms with E-state index in [1.165, 1.54) is 0 Å². The van der Waals surface area contributed by atoms with Crippen LogP contribution in [-0.2, 0) is 4.79 Å². The average molecular weight is 205 g/mol. The third-order valence-corrected chi connectivity index (χ3v) is 2.54. The first-order valence-electron chi connectivity index (χ1n) is 5.30. The van der Waals surface area contributed by atoms with Crippen LogP contribution in [-0.4, -0.2) is 16.1 Å². The molecule has 0 aliphatic heterocycles. The minimum absolute atomic E-state index is 0.0743. The number of carbonyl (C=O) groups excluding carboxylic acids is 1. The van der Waals surface area contributed by atoms with E-state index in [1.807, 2.05) is 6.07 Å². The summed E-state index contributed by atoms with van der Waals surface area (Å²) in [5.74, 6) is 1.25. The highest BCUT2D eigenvalue weighted by Gasteiger charge is 2.29. The second-order valence-corrected chi connectivity index (χ2v) is 4.29. The zero-order valence-corrected chi connectivity index (χ0v) is 9.03. The van der Waals surface area contributed by atoms with Gasteiger partial charge in [-0.3, -0.25) is 4.79 Å². The van der Waals surface area contributed by atoms with Gasteiger partial charge in [0.05, 0.1) is 6.20 Å². The molecule has 80 valence electrons. The molecule has 2 rings (SSSR count). The molecule has 1 fully saturated rings. The summed E-state index contributed by atoms with van der Waals surface area (Å²) in [6.07, 6.45) is 3.74. The van der Waals surface area contributed by atoms with Crippen molar-refractivity contribution in [3.8, 4) is 0 Å². The Morgan fingerprint density at radius 2 is 2.27 bits per heavy atom. The molecule has 1 aliphatic carbocycles. The SMILES string of the molecule is CC(C)c1cnnc(NC(=O)C2CC2)c1. The maximum absolute atomic E-state index is 11.5. The quantitative estimate of drug-likeness (QED) is 0.820. The summed E-state index contributed by atoms with van der Waals surface area (Å²) in [7, 11) is 0. The van der Waals surface area contributed by atoms with Gasteiger partial charge in [-0.1, -0.05) is 13.8 Å². The minimum atomic E-state index is 0.0743. The lowest BCUT2D eigenvalue weighted by molar-refractivity contribution is -0.117. The Labute approximate surface area is 89.1 Å². The summed E-state index contributed by atoms with van der Waals surface area (Å²) in [4.78, 5) is 11.5. The molecule has 0 atom stereocenters. The molecule has 0 spiro atoms. The molecular formula is C11H15N3O. The van der Waals surface area contributed by atoms with Gasteiger partial charge in [0.15, 0.2) is 5.82 Å². The Morgan fingerprint density at radius 3 is 2.87 bits per heavy atom. The van der Waals surface area contributed by atoms with Crippen molar-refractivity contribution in [2.45, 2.75) is 32.6 Å². The molecule has 0 aromatic carbocycles. The van der Waals surface area contributed by atoms with E-state index in [9.17, 15) is 4.79 Å². The van der Waals surface area contributed by atoms with Crippen LogP contribution in [0.3, 0.4) is 0 Å². The number of hydrogen-bond donors (Lipinski definition) is 1. The molecule has 0 bridgehead atoms. The number of anilines is 1.